The van der Waals surface area contributed by atoms with Crippen molar-refractivity contribution in [1.82, 2.24) is 20.1 Å². The maximum absolute atomic E-state index is 13.7. The number of ether oxygens (including phenoxy) is 2. The molecule has 2 N–H and O–H groups in total. The molecule has 44 heavy (non-hydrogen) atoms. The number of carbonyl (C=O) groups excluding carboxylic acids is 4. The minimum Gasteiger partial charge on any atom is -0.464 e. The van der Waals surface area contributed by atoms with E-state index in [1.54, 1.807) is 52.0 Å². The number of likely N-dealkylation sites (tertiary alicyclic amines) is 2. The second kappa shape index (κ2) is 14.6. The summed E-state index contributed by atoms with van der Waals surface area (Å²) in [6.45, 7) is 9.40. The first-order chi connectivity index (χ1) is 20.9. The zero-order valence-corrected chi connectivity index (χ0v) is 26.9. The average Bonchev–Trinajstić information content (AvgIpc) is 3.64. The van der Waals surface area contributed by atoms with Crippen LogP contribution in [0.5, 0.6) is 0 Å². The monoisotopic (exact) mass is 647 g/mol. The molecule has 11 nitrogen and oxygen atoms in total. The fourth-order valence-corrected chi connectivity index (χ4v) is 5.98. The van der Waals surface area contributed by atoms with Gasteiger partial charge in [-0.15, -0.1) is 0 Å². The topological polar surface area (TPSA) is 130 Å². The van der Waals surface area contributed by atoms with Crippen LogP contribution < -0.4 is 10.6 Å². The Morgan fingerprint density at radius 3 is 2.27 bits per heavy atom. The number of rotatable bonds is 9. The summed E-state index contributed by atoms with van der Waals surface area (Å²) in [6, 6.07) is 5.04. The first-order valence-corrected chi connectivity index (χ1v) is 15.5. The van der Waals surface area contributed by atoms with Crippen molar-refractivity contribution in [3.63, 3.8) is 0 Å². The fourth-order valence-electron chi connectivity index (χ4n) is 5.44. The van der Waals surface area contributed by atoms with E-state index in [1.165, 1.54) is 17.3 Å². The lowest BCUT2D eigenvalue weighted by Gasteiger charge is -2.29. The number of halogens is 2. The van der Waals surface area contributed by atoms with E-state index in [9.17, 15) is 19.2 Å². The number of aromatic nitrogens is 1. The largest absolute Gasteiger partial charge is 0.464 e. The first-order valence-electron chi connectivity index (χ1n) is 14.8. The summed E-state index contributed by atoms with van der Waals surface area (Å²) in [5, 5.41) is 5.83. The molecule has 4 rings (SSSR count). The molecule has 3 amide bonds. The molecule has 3 atom stereocenters. The van der Waals surface area contributed by atoms with Gasteiger partial charge in [-0.3, -0.25) is 24.4 Å². The highest BCUT2D eigenvalue weighted by atomic mass is 35.5. The summed E-state index contributed by atoms with van der Waals surface area (Å²) in [5.74, 6) is -1.52. The maximum atomic E-state index is 13.7. The highest BCUT2D eigenvalue weighted by molar-refractivity contribution is 6.40. The van der Waals surface area contributed by atoms with Crippen LogP contribution in [0.3, 0.4) is 0 Å². The van der Waals surface area contributed by atoms with Gasteiger partial charge < -0.3 is 20.1 Å². The van der Waals surface area contributed by atoms with Crippen molar-refractivity contribution < 1.29 is 28.7 Å². The third-order valence-electron chi connectivity index (χ3n) is 7.49. The second-order valence-electron chi connectivity index (χ2n) is 11.9. The number of anilines is 1. The maximum Gasteiger partial charge on any atom is 0.411 e. The van der Waals surface area contributed by atoms with Gasteiger partial charge in [-0.2, -0.15) is 0 Å². The molecule has 2 aromatic rings. The SMILES string of the molecule is CCOC(=O)[C@H](Cc1ccc(NC(=O)c2c(Cl)cncc2Cl)cc1)NC(=O)[C@@H]1C[C@@H](N2CCCC2)CN1C(=O)OC(C)(C)C. The van der Waals surface area contributed by atoms with Gasteiger partial charge in [-0.1, -0.05) is 35.3 Å². The Kier molecular flexibility index (Phi) is 11.1. The minimum atomic E-state index is -0.997. The number of nitrogens with one attached hydrogen (secondary N) is 2. The van der Waals surface area contributed by atoms with Gasteiger partial charge in [-0.25, -0.2) is 9.59 Å². The summed E-state index contributed by atoms with van der Waals surface area (Å²) in [5.41, 5.74) is 0.578. The number of hydrogen-bond donors (Lipinski definition) is 2. The highest BCUT2D eigenvalue weighted by Crippen LogP contribution is 2.28. The Morgan fingerprint density at radius 1 is 1.05 bits per heavy atom. The van der Waals surface area contributed by atoms with Crippen molar-refractivity contribution in [3.8, 4) is 0 Å². The Bertz CT molecular complexity index is 1340. The molecule has 2 fully saturated rings. The summed E-state index contributed by atoms with van der Waals surface area (Å²) in [7, 11) is 0. The summed E-state index contributed by atoms with van der Waals surface area (Å²) < 4.78 is 10.9. The van der Waals surface area contributed by atoms with E-state index >= 15 is 0 Å². The second-order valence-corrected chi connectivity index (χ2v) is 12.7. The molecule has 3 heterocycles. The molecule has 0 bridgehead atoms. The zero-order chi connectivity index (χ0) is 32.0. The van der Waals surface area contributed by atoms with Crippen LogP contribution in [0.4, 0.5) is 10.5 Å². The van der Waals surface area contributed by atoms with Crippen molar-refractivity contribution in [2.45, 2.75) is 77.1 Å². The molecule has 0 spiro atoms. The van der Waals surface area contributed by atoms with Crippen LogP contribution in [-0.4, -0.2) is 88.6 Å². The molecule has 2 saturated heterocycles. The Labute approximate surface area is 267 Å². The number of amides is 3. The summed E-state index contributed by atoms with van der Waals surface area (Å²) in [6.07, 6.45) is 4.85. The van der Waals surface area contributed by atoms with Gasteiger partial charge in [0.05, 0.1) is 22.2 Å². The lowest BCUT2D eigenvalue weighted by atomic mass is 10.0. The molecular formula is C31H39Cl2N5O6. The number of pyridine rings is 1. The number of carbonyl (C=O) groups is 4. The van der Waals surface area contributed by atoms with Crippen LogP contribution in [0.1, 0.15) is 62.9 Å². The van der Waals surface area contributed by atoms with Crippen molar-refractivity contribution in [2.75, 3.05) is 31.6 Å². The molecular weight excluding hydrogens is 609 g/mol. The van der Waals surface area contributed by atoms with Crippen LogP contribution in [0.15, 0.2) is 36.7 Å². The van der Waals surface area contributed by atoms with Crippen LogP contribution in [-0.2, 0) is 25.5 Å². The summed E-state index contributed by atoms with van der Waals surface area (Å²) in [4.78, 5) is 60.2. The quantitative estimate of drug-likeness (QED) is 0.375. The number of esters is 1. The number of hydrogen-bond acceptors (Lipinski definition) is 8. The molecule has 0 saturated carbocycles. The van der Waals surface area contributed by atoms with E-state index in [0.29, 0.717) is 24.2 Å². The summed E-state index contributed by atoms with van der Waals surface area (Å²) >= 11 is 12.2. The molecule has 2 aliphatic heterocycles. The van der Waals surface area contributed by atoms with Crippen LogP contribution in [0.25, 0.3) is 0 Å². The lowest BCUT2D eigenvalue weighted by molar-refractivity contribution is -0.147. The highest BCUT2D eigenvalue weighted by Gasteiger charge is 2.44. The van der Waals surface area contributed by atoms with Crippen molar-refractivity contribution >= 4 is 52.8 Å². The Hall–Kier alpha value is -3.41. The smallest absolute Gasteiger partial charge is 0.411 e. The van der Waals surface area contributed by atoms with Crippen molar-refractivity contribution in [2.24, 2.45) is 0 Å². The molecule has 238 valence electrons. The zero-order valence-electron chi connectivity index (χ0n) is 25.4. The Morgan fingerprint density at radius 2 is 1.68 bits per heavy atom. The number of benzene rings is 1. The molecule has 0 unspecified atom stereocenters. The van der Waals surface area contributed by atoms with Crippen LogP contribution in [0, 0.1) is 0 Å². The molecule has 0 radical (unpaired) electrons. The van der Waals surface area contributed by atoms with E-state index in [1.807, 2.05) is 0 Å². The third-order valence-corrected chi connectivity index (χ3v) is 8.06. The van der Waals surface area contributed by atoms with Gasteiger partial charge >= 0.3 is 12.1 Å². The van der Waals surface area contributed by atoms with Crippen LogP contribution >= 0.6 is 23.2 Å². The first kappa shape index (κ1) is 33.5. The molecule has 1 aromatic carbocycles. The van der Waals surface area contributed by atoms with Gasteiger partial charge in [0.2, 0.25) is 5.91 Å². The predicted octanol–water partition coefficient (Wildman–Crippen LogP) is 4.70. The molecule has 0 aliphatic carbocycles. The van der Waals surface area contributed by atoms with Gasteiger partial charge in [0, 0.05) is 37.1 Å². The predicted molar refractivity (Wildman–Crippen MR) is 167 cm³/mol. The van der Waals surface area contributed by atoms with Crippen molar-refractivity contribution in [1.29, 1.82) is 0 Å². The van der Waals surface area contributed by atoms with E-state index in [0.717, 1.165) is 25.9 Å². The van der Waals surface area contributed by atoms with Crippen LogP contribution in [0.2, 0.25) is 10.0 Å². The normalized spacial score (nSPS) is 19.4. The van der Waals surface area contributed by atoms with Gasteiger partial charge in [-0.05, 0) is 77.7 Å². The Balaban J connectivity index is 1.47. The molecule has 2 aliphatic rings. The van der Waals surface area contributed by atoms with E-state index in [2.05, 4.69) is 20.5 Å². The average molecular weight is 649 g/mol. The molecule has 1 aromatic heterocycles. The standard InChI is InChI=1S/C31H39Cl2N5O6/c1-5-43-29(41)24(14-19-8-10-20(11-9-19)35-28(40)26-22(32)16-34-17-23(26)33)36-27(39)25-15-21(37-12-6-7-13-37)18-38(25)30(42)44-31(2,3)4/h8-11,16-17,21,24-25H,5-7,12-15,18H2,1-4H3,(H,35,40)(H,36,39)/t21-,24+,25+/m1/s1. The van der Waals surface area contributed by atoms with E-state index < -0.39 is 41.6 Å². The number of nitrogens with zero attached hydrogens (tertiary/aromatic N) is 3. The van der Waals surface area contributed by atoms with E-state index in [-0.39, 0.29) is 34.7 Å². The third kappa shape index (κ3) is 8.61. The minimum absolute atomic E-state index is 0.0291. The van der Waals surface area contributed by atoms with Crippen molar-refractivity contribution in [3.05, 3.63) is 57.8 Å². The van der Waals surface area contributed by atoms with Gasteiger partial charge in [0.15, 0.2) is 0 Å². The molecule has 13 heteroatoms. The van der Waals surface area contributed by atoms with Gasteiger partial charge in [0.25, 0.3) is 5.91 Å². The van der Waals surface area contributed by atoms with Gasteiger partial charge in [0.1, 0.15) is 17.7 Å². The lowest BCUT2D eigenvalue weighted by Crippen LogP contribution is -2.52. The van der Waals surface area contributed by atoms with E-state index in [4.69, 9.17) is 32.7 Å². The fraction of sp³-hybridized carbons (Fsp3) is 0.516.